The molecule has 0 N–H and O–H groups in total. The normalized spacial score (nSPS) is 23.6. The van der Waals surface area contributed by atoms with Crippen molar-refractivity contribution in [2.45, 2.75) is 50.5 Å². The molecule has 0 saturated carbocycles. The highest BCUT2D eigenvalue weighted by Crippen LogP contribution is 2.30. The van der Waals surface area contributed by atoms with Crippen LogP contribution in [0.25, 0.3) is 10.4 Å². The first-order valence-corrected chi connectivity index (χ1v) is 11.9. The van der Waals surface area contributed by atoms with E-state index >= 15 is 0 Å². The summed E-state index contributed by atoms with van der Waals surface area (Å²) in [7, 11) is 1.52. The summed E-state index contributed by atoms with van der Waals surface area (Å²) in [6.45, 7) is 1.35. The molecular weight excluding hydrogens is 458 g/mol. The number of azide groups is 1. The van der Waals surface area contributed by atoms with Gasteiger partial charge >= 0.3 is 0 Å². The summed E-state index contributed by atoms with van der Waals surface area (Å²) < 4.78 is 30.5. The van der Waals surface area contributed by atoms with Gasteiger partial charge in [0.2, 0.25) is 0 Å². The highest BCUT2D eigenvalue weighted by Gasteiger charge is 2.47. The molecule has 5 atom stereocenters. The Balaban J connectivity index is 1.55. The first-order chi connectivity index (χ1) is 17.8. The third-order valence-electron chi connectivity index (χ3n) is 6.00. The van der Waals surface area contributed by atoms with Crippen LogP contribution in [0.1, 0.15) is 16.7 Å². The van der Waals surface area contributed by atoms with E-state index in [1.54, 1.807) is 0 Å². The second-order valence-corrected chi connectivity index (χ2v) is 8.50. The molecule has 36 heavy (non-hydrogen) atoms. The molecular formula is C28H31N3O5. The molecule has 8 nitrogen and oxygen atoms in total. The van der Waals surface area contributed by atoms with Crippen molar-refractivity contribution in [3.63, 3.8) is 0 Å². The van der Waals surface area contributed by atoms with E-state index in [-0.39, 0.29) is 6.61 Å². The zero-order valence-corrected chi connectivity index (χ0v) is 20.3. The number of hydrogen-bond acceptors (Lipinski definition) is 6. The monoisotopic (exact) mass is 489 g/mol. The SMILES string of the molecule is CO[C@@H]1OC(COCc2ccccc2)[C@H](OCc2ccccc2)C(OCc2ccccc2)[C@@H]1N=[N+]=[N-]. The summed E-state index contributed by atoms with van der Waals surface area (Å²) in [4.78, 5) is 3.04. The average molecular weight is 490 g/mol. The van der Waals surface area contributed by atoms with Gasteiger partial charge in [0.25, 0.3) is 0 Å². The van der Waals surface area contributed by atoms with Crippen molar-refractivity contribution < 1.29 is 23.7 Å². The van der Waals surface area contributed by atoms with Gasteiger partial charge in [-0.2, -0.15) is 0 Å². The summed E-state index contributed by atoms with van der Waals surface area (Å²) in [5.41, 5.74) is 12.4. The predicted octanol–water partition coefficient (Wildman–Crippen LogP) is 5.42. The molecule has 0 aromatic heterocycles. The van der Waals surface area contributed by atoms with E-state index in [9.17, 15) is 5.53 Å². The Morgan fingerprint density at radius 1 is 0.750 bits per heavy atom. The number of ether oxygens (including phenoxy) is 5. The van der Waals surface area contributed by atoms with Crippen LogP contribution in [-0.4, -0.2) is 44.4 Å². The number of methoxy groups -OCH3 is 1. The van der Waals surface area contributed by atoms with Gasteiger partial charge in [-0.1, -0.05) is 96.1 Å². The quantitative estimate of drug-likeness (QED) is 0.192. The molecule has 1 aliphatic rings. The van der Waals surface area contributed by atoms with Crippen LogP contribution in [0, 0.1) is 0 Å². The molecule has 0 spiro atoms. The number of nitrogens with zero attached hydrogens (tertiary/aromatic N) is 3. The van der Waals surface area contributed by atoms with Crippen LogP contribution in [-0.2, 0) is 43.5 Å². The number of benzene rings is 3. The molecule has 3 aromatic rings. The molecule has 1 saturated heterocycles. The van der Waals surface area contributed by atoms with E-state index in [2.05, 4.69) is 10.0 Å². The van der Waals surface area contributed by atoms with Crippen molar-refractivity contribution in [3.05, 3.63) is 118 Å². The Morgan fingerprint density at radius 2 is 1.25 bits per heavy atom. The molecule has 3 aromatic carbocycles. The van der Waals surface area contributed by atoms with Crippen LogP contribution >= 0.6 is 0 Å². The average Bonchev–Trinajstić information content (AvgIpc) is 2.93. The molecule has 8 heteroatoms. The van der Waals surface area contributed by atoms with E-state index in [1.165, 1.54) is 7.11 Å². The third-order valence-corrected chi connectivity index (χ3v) is 6.00. The second-order valence-electron chi connectivity index (χ2n) is 8.50. The van der Waals surface area contributed by atoms with Crippen LogP contribution in [0.15, 0.2) is 96.1 Å². The molecule has 0 radical (unpaired) electrons. The predicted molar refractivity (Wildman–Crippen MR) is 135 cm³/mol. The number of hydrogen-bond donors (Lipinski definition) is 0. The van der Waals surface area contributed by atoms with Crippen molar-refractivity contribution in [2.24, 2.45) is 5.11 Å². The lowest BCUT2D eigenvalue weighted by Gasteiger charge is -2.44. The van der Waals surface area contributed by atoms with Crippen LogP contribution < -0.4 is 0 Å². The lowest BCUT2D eigenvalue weighted by molar-refractivity contribution is -0.280. The lowest BCUT2D eigenvalue weighted by Crippen LogP contribution is -2.60. The minimum Gasteiger partial charge on any atom is -0.374 e. The first kappa shape index (κ1) is 25.9. The Bertz CT molecular complexity index is 1080. The van der Waals surface area contributed by atoms with Gasteiger partial charge in [0.15, 0.2) is 6.29 Å². The Kier molecular flexibility index (Phi) is 9.87. The molecule has 0 bridgehead atoms. The fourth-order valence-electron chi connectivity index (χ4n) is 4.20. The van der Waals surface area contributed by atoms with Crippen molar-refractivity contribution in [3.8, 4) is 0 Å². The van der Waals surface area contributed by atoms with Gasteiger partial charge in [0.05, 0.1) is 26.4 Å². The van der Waals surface area contributed by atoms with Gasteiger partial charge in [-0.05, 0) is 22.2 Å². The molecule has 0 amide bonds. The summed E-state index contributed by atoms with van der Waals surface area (Å²) in [5.74, 6) is 0. The fraction of sp³-hybridized carbons (Fsp3) is 0.357. The minimum absolute atomic E-state index is 0.252. The Morgan fingerprint density at radius 3 is 1.75 bits per heavy atom. The first-order valence-electron chi connectivity index (χ1n) is 11.9. The topological polar surface area (TPSA) is 94.9 Å². The summed E-state index contributed by atoms with van der Waals surface area (Å²) >= 11 is 0. The van der Waals surface area contributed by atoms with Crippen LogP contribution in [0.3, 0.4) is 0 Å². The molecule has 0 aliphatic carbocycles. The largest absolute Gasteiger partial charge is 0.374 e. The van der Waals surface area contributed by atoms with E-state index in [0.717, 1.165) is 16.7 Å². The highest BCUT2D eigenvalue weighted by molar-refractivity contribution is 5.15. The van der Waals surface area contributed by atoms with Crippen LogP contribution in [0.5, 0.6) is 0 Å². The lowest BCUT2D eigenvalue weighted by atomic mass is 9.96. The summed E-state index contributed by atoms with van der Waals surface area (Å²) in [6, 6.07) is 28.9. The van der Waals surface area contributed by atoms with Crippen LogP contribution in [0.2, 0.25) is 0 Å². The van der Waals surface area contributed by atoms with Gasteiger partial charge in [0.1, 0.15) is 24.4 Å². The van der Waals surface area contributed by atoms with Gasteiger partial charge < -0.3 is 23.7 Å². The van der Waals surface area contributed by atoms with E-state index in [1.807, 2.05) is 91.0 Å². The third kappa shape index (κ3) is 7.15. The maximum Gasteiger partial charge on any atom is 0.168 e. The molecule has 4 rings (SSSR count). The molecule has 1 heterocycles. The van der Waals surface area contributed by atoms with Crippen molar-refractivity contribution in [1.82, 2.24) is 0 Å². The van der Waals surface area contributed by atoms with E-state index in [4.69, 9.17) is 23.7 Å². The maximum atomic E-state index is 9.29. The van der Waals surface area contributed by atoms with Gasteiger partial charge in [-0.15, -0.1) is 0 Å². The maximum absolute atomic E-state index is 9.29. The molecule has 2 unspecified atom stereocenters. The molecule has 1 fully saturated rings. The zero-order chi connectivity index (χ0) is 25.0. The Hall–Kier alpha value is -3.23. The van der Waals surface area contributed by atoms with Gasteiger partial charge in [-0.25, -0.2) is 0 Å². The second kappa shape index (κ2) is 13.8. The highest BCUT2D eigenvalue weighted by atomic mass is 16.7. The zero-order valence-electron chi connectivity index (χ0n) is 20.3. The molecule has 1 aliphatic heterocycles. The van der Waals surface area contributed by atoms with Crippen LogP contribution in [0.4, 0.5) is 0 Å². The van der Waals surface area contributed by atoms with E-state index < -0.39 is 30.6 Å². The van der Waals surface area contributed by atoms with Crippen molar-refractivity contribution in [1.29, 1.82) is 0 Å². The Labute approximate surface area is 211 Å². The minimum atomic E-state index is -0.802. The van der Waals surface area contributed by atoms with E-state index in [0.29, 0.717) is 19.8 Å². The number of rotatable bonds is 12. The smallest absolute Gasteiger partial charge is 0.168 e. The summed E-state index contributed by atoms with van der Waals surface area (Å²) in [5, 5.41) is 3.98. The summed E-state index contributed by atoms with van der Waals surface area (Å²) in [6.07, 6.45) is -2.49. The van der Waals surface area contributed by atoms with Crippen molar-refractivity contribution in [2.75, 3.05) is 13.7 Å². The standard InChI is InChI=1S/C28H31N3O5/c1-32-28-25(30-31-29)27(35-19-23-15-9-4-10-16-23)26(34-18-22-13-7-3-8-14-22)24(36-28)20-33-17-21-11-5-2-6-12-21/h2-16,24-28H,17-20H2,1H3/t24?,25-,26-,27?,28+/m0/s1. The van der Waals surface area contributed by atoms with Crippen molar-refractivity contribution >= 4 is 0 Å². The molecule has 188 valence electrons. The fourth-order valence-corrected chi connectivity index (χ4v) is 4.20. The van der Waals surface area contributed by atoms with Gasteiger partial charge in [-0.3, -0.25) is 0 Å². The van der Waals surface area contributed by atoms with Gasteiger partial charge in [0, 0.05) is 12.0 Å².